The van der Waals surface area contributed by atoms with Gasteiger partial charge in [-0.05, 0) is 67.8 Å². The third kappa shape index (κ3) is 9.48. The largest absolute Gasteiger partial charge is 0.389 e. The van der Waals surface area contributed by atoms with Crippen molar-refractivity contribution in [1.29, 1.82) is 0 Å². The van der Waals surface area contributed by atoms with E-state index in [0.29, 0.717) is 74.0 Å². The average Bonchev–Trinajstić information content (AvgIpc) is 3.72. The molecule has 0 bridgehead atoms. The number of aromatic nitrogens is 3. The van der Waals surface area contributed by atoms with Crippen molar-refractivity contribution >= 4 is 67.6 Å². The van der Waals surface area contributed by atoms with Gasteiger partial charge in [0.25, 0.3) is 0 Å². The van der Waals surface area contributed by atoms with Gasteiger partial charge in [-0.2, -0.15) is 12.7 Å². The van der Waals surface area contributed by atoms with Crippen molar-refractivity contribution in [3.8, 4) is 11.1 Å². The number of carbonyl (C=O) groups excluding carboxylic acids is 4. The third-order valence-electron chi connectivity index (χ3n) is 12.3. The number of piperazine rings is 1. The molecule has 3 fully saturated rings. The molecule has 17 nitrogen and oxygen atoms in total. The number of aromatic amines is 1. The summed E-state index contributed by atoms with van der Waals surface area (Å²) in [6, 6.07) is 11.0. The maximum atomic E-state index is 15.6. The van der Waals surface area contributed by atoms with Crippen molar-refractivity contribution in [2.45, 2.75) is 50.7 Å². The molecule has 65 heavy (non-hydrogen) atoms. The summed E-state index contributed by atoms with van der Waals surface area (Å²) in [6.07, 6.45) is 5.47. The van der Waals surface area contributed by atoms with Crippen molar-refractivity contribution in [2.24, 2.45) is 0 Å². The first-order valence-corrected chi connectivity index (χ1v) is 22.6. The molecule has 3 aliphatic rings. The highest BCUT2D eigenvalue weighted by atomic mass is 32.2. The number of ketones is 1. The quantitative estimate of drug-likeness (QED) is 0.0833. The monoisotopic (exact) mass is 916 g/mol. The van der Waals surface area contributed by atoms with E-state index in [1.165, 1.54) is 19.3 Å². The van der Waals surface area contributed by atoms with E-state index in [-0.39, 0.29) is 60.6 Å². The lowest BCUT2D eigenvalue weighted by atomic mass is 9.87. The number of H-pyrrole nitrogens is 1. The first kappa shape index (κ1) is 45.0. The van der Waals surface area contributed by atoms with Crippen LogP contribution in [0.2, 0.25) is 0 Å². The number of halogens is 3. The van der Waals surface area contributed by atoms with Gasteiger partial charge in [-0.15, -0.1) is 0 Å². The van der Waals surface area contributed by atoms with Gasteiger partial charge in [0, 0.05) is 106 Å². The Kier molecular flexibility index (Phi) is 12.5. The summed E-state index contributed by atoms with van der Waals surface area (Å²) in [5, 5.41) is 17.0. The van der Waals surface area contributed by atoms with E-state index in [1.54, 1.807) is 42.4 Å². The molecule has 0 spiro atoms. The number of aliphatic hydroxyl groups is 1. The average molecular weight is 917 g/mol. The molecule has 2 aromatic carbocycles. The minimum Gasteiger partial charge on any atom is -0.389 e. The number of pyridine rings is 2. The van der Waals surface area contributed by atoms with E-state index in [1.807, 2.05) is 21.9 Å². The molecule has 0 unspecified atom stereocenters. The second kappa shape index (κ2) is 18.1. The van der Waals surface area contributed by atoms with Gasteiger partial charge in [0.2, 0.25) is 23.5 Å². The van der Waals surface area contributed by atoms with Crippen LogP contribution in [0.5, 0.6) is 0 Å². The maximum Gasteiger partial charge on any atom is 0.301 e. The summed E-state index contributed by atoms with van der Waals surface area (Å²) < 4.78 is 74.0. The second-order valence-corrected chi connectivity index (χ2v) is 18.2. The minimum absolute atomic E-state index is 0.0629. The molecular weight excluding hydrogens is 870 g/mol. The zero-order valence-corrected chi connectivity index (χ0v) is 36.4. The van der Waals surface area contributed by atoms with Crippen molar-refractivity contribution < 1.29 is 45.9 Å². The van der Waals surface area contributed by atoms with E-state index in [2.05, 4.69) is 30.3 Å². The van der Waals surface area contributed by atoms with Crippen LogP contribution in [0.4, 0.5) is 36.1 Å². The topological polar surface area (TPSA) is 213 Å². The number of hydrogen-bond donors (Lipinski definition) is 5. The normalized spacial score (nSPS) is 18.0. The minimum atomic E-state index is -4.17. The molecule has 342 valence electrons. The van der Waals surface area contributed by atoms with Crippen LogP contribution in [0.1, 0.15) is 54.9 Å². The molecule has 3 amide bonds. The summed E-state index contributed by atoms with van der Waals surface area (Å²) in [4.78, 5) is 68.1. The molecule has 3 saturated heterocycles. The van der Waals surface area contributed by atoms with Gasteiger partial charge in [-0.1, -0.05) is 6.92 Å². The summed E-state index contributed by atoms with van der Waals surface area (Å²) in [5.41, 5.74) is -0.568. The van der Waals surface area contributed by atoms with E-state index in [0.717, 1.165) is 16.4 Å². The molecule has 6 heterocycles. The number of piperidine rings is 2. The number of amides is 3. The molecule has 3 aliphatic heterocycles. The Morgan fingerprint density at radius 3 is 2.34 bits per heavy atom. The van der Waals surface area contributed by atoms with Crippen molar-refractivity contribution in [3.63, 3.8) is 0 Å². The molecule has 5 aromatic rings. The SMILES string of the molecule is CCN(C)S(=O)(=O)Nc1ccc(F)c(C(=O)c2c[nH]c3ncc(-c4ccc(N5CCN(C(=O)CC6(O)CCN(c7ccc(N[C@@H]8CCC(=O)NC8=O)cc7F)CC6)CC5)nc4)cc23)c1F. The van der Waals surface area contributed by atoms with E-state index >= 15 is 13.2 Å². The first-order valence-electron chi connectivity index (χ1n) is 21.1. The van der Waals surface area contributed by atoms with Gasteiger partial charge in [0.1, 0.15) is 29.1 Å². The van der Waals surface area contributed by atoms with E-state index in [4.69, 9.17) is 0 Å². The smallest absolute Gasteiger partial charge is 0.301 e. The maximum absolute atomic E-state index is 15.6. The third-order valence-corrected chi connectivity index (χ3v) is 13.8. The van der Waals surface area contributed by atoms with Gasteiger partial charge in [-0.3, -0.25) is 29.2 Å². The molecular formula is C44H47F3N10O7S. The standard InChI is InChI=1S/C44H47F3N10O7S/c1-3-54(2)65(63,64)53-33-7-6-31(45)39(40(33)47)41(60)30-25-50-42-29(30)20-27(24-49-42)26-4-10-36(48-23-26)56-16-18-57(19-17-56)38(59)22-44(62)12-14-55(15-13-44)35-9-5-28(21-32(35)46)51-34-8-11-37(58)52-43(34)61/h4-7,9-10,20-21,23-25,34,51,53,62H,3,8,11-19,22H2,1-2H3,(H,49,50)(H,52,58,61)/t34-/m1/s1. The predicted molar refractivity (Wildman–Crippen MR) is 236 cm³/mol. The Morgan fingerprint density at radius 1 is 0.923 bits per heavy atom. The first-order chi connectivity index (χ1) is 31.0. The number of anilines is 4. The Hall–Kier alpha value is -6.58. The summed E-state index contributed by atoms with van der Waals surface area (Å²) in [5.74, 6) is -4.33. The lowest BCUT2D eigenvalue weighted by Crippen LogP contribution is -2.52. The number of nitrogens with one attached hydrogen (secondary N) is 4. The Morgan fingerprint density at radius 2 is 1.66 bits per heavy atom. The highest BCUT2D eigenvalue weighted by Crippen LogP contribution is 2.34. The van der Waals surface area contributed by atoms with Gasteiger partial charge >= 0.3 is 10.2 Å². The number of carbonyl (C=O) groups is 4. The van der Waals surface area contributed by atoms with Crippen molar-refractivity contribution in [1.82, 2.24) is 29.5 Å². The van der Waals surface area contributed by atoms with Crippen LogP contribution < -0.4 is 25.2 Å². The van der Waals surface area contributed by atoms with E-state index < -0.39 is 62.2 Å². The Labute approximate surface area is 372 Å². The number of rotatable bonds is 13. The van der Waals surface area contributed by atoms with E-state index in [9.17, 15) is 32.7 Å². The number of imide groups is 1. The summed E-state index contributed by atoms with van der Waals surface area (Å²) in [6.45, 7) is 4.14. The molecule has 8 rings (SSSR count). The molecule has 21 heteroatoms. The van der Waals surface area contributed by atoms with Crippen LogP contribution >= 0.6 is 0 Å². The lowest BCUT2D eigenvalue weighted by Gasteiger charge is -2.41. The lowest BCUT2D eigenvalue weighted by molar-refractivity contribution is -0.138. The summed E-state index contributed by atoms with van der Waals surface area (Å²) >= 11 is 0. The van der Waals surface area contributed by atoms with Crippen molar-refractivity contribution in [2.75, 3.05) is 72.7 Å². The van der Waals surface area contributed by atoms with Crippen LogP contribution in [-0.2, 0) is 24.6 Å². The van der Waals surface area contributed by atoms with Gasteiger partial charge < -0.3 is 30.1 Å². The zero-order chi connectivity index (χ0) is 46.2. The highest BCUT2D eigenvalue weighted by Gasteiger charge is 2.37. The predicted octanol–water partition coefficient (Wildman–Crippen LogP) is 4.17. The molecule has 0 radical (unpaired) electrons. The van der Waals surface area contributed by atoms with Gasteiger partial charge in [0.05, 0.1) is 29.0 Å². The molecule has 0 saturated carbocycles. The fourth-order valence-electron chi connectivity index (χ4n) is 8.26. The van der Waals surface area contributed by atoms with Crippen LogP contribution in [0.25, 0.3) is 22.2 Å². The van der Waals surface area contributed by atoms with Crippen molar-refractivity contribution in [3.05, 3.63) is 95.7 Å². The van der Waals surface area contributed by atoms with Crippen LogP contribution in [-0.4, -0.2) is 126 Å². The zero-order valence-electron chi connectivity index (χ0n) is 35.5. The summed E-state index contributed by atoms with van der Waals surface area (Å²) in [7, 11) is -2.88. The van der Waals surface area contributed by atoms with Gasteiger partial charge in [0.15, 0.2) is 5.82 Å². The van der Waals surface area contributed by atoms with Crippen LogP contribution in [0, 0.1) is 17.5 Å². The number of fused-ring (bicyclic) bond motifs is 1. The second-order valence-electron chi connectivity index (χ2n) is 16.4. The fraction of sp³-hybridized carbons (Fsp3) is 0.364. The fourth-order valence-corrected chi connectivity index (χ4v) is 9.19. The van der Waals surface area contributed by atoms with Crippen LogP contribution in [0.15, 0.2) is 67.1 Å². The van der Waals surface area contributed by atoms with Gasteiger partial charge in [-0.25, -0.2) is 23.1 Å². The Balaban J connectivity index is 0.851. The Bertz CT molecular complexity index is 2780. The number of nitrogens with zero attached hydrogens (tertiary/aromatic N) is 6. The molecule has 0 aliphatic carbocycles. The number of hydrogen-bond acceptors (Lipinski definition) is 12. The highest BCUT2D eigenvalue weighted by molar-refractivity contribution is 7.90. The molecule has 1 atom stereocenters. The van der Waals surface area contributed by atoms with Crippen LogP contribution in [0.3, 0.4) is 0 Å². The molecule has 3 aromatic heterocycles. The molecule has 5 N–H and O–H groups in total. The number of benzene rings is 2.